The van der Waals surface area contributed by atoms with Gasteiger partial charge in [0, 0.05) is 18.7 Å². The van der Waals surface area contributed by atoms with Crippen molar-refractivity contribution in [3.05, 3.63) is 40.2 Å². The monoisotopic (exact) mass is 261 g/mol. The highest BCUT2D eigenvalue weighted by atomic mass is 16.5. The molecule has 100 valence electrons. The van der Waals surface area contributed by atoms with E-state index >= 15 is 0 Å². The Morgan fingerprint density at radius 3 is 2.84 bits per heavy atom. The normalized spacial score (nSPS) is 10.4. The van der Waals surface area contributed by atoms with Gasteiger partial charge in [0.15, 0.2) is 11.2 Å². The van der Waals surface area contributed by atoms with Gasteiger partial charge in [0.05, 0.1) is 12.5 Å². The molecule has 0 aliphatic rings. The van der Waals surface area contributed by atoms with E-state index in [0.29, 0.717) is 23.3 Å². The minimum Gasteiger partial charge on any atom is -0.497 e. The molecular formula is C14H15NO4. The average Bonchev–Trinajstić information content (AvgIpc) is 2.43. The quantitative estimate of drug-likeness (QED) is 0.913. The fourth-order valence-electron chi connectivity index (χ4n) is 1.70. The van der Waals surface area contributed by atoms with Crippen LogP contribution in [-0.2, 0) is 0 Å². The lowest BCUT2D eigenvalue weighted by Crippen LogP contribution is -2.25. The van der Waals surface area contributed by atoms with Crippen LogP contribution in [0.3, 0.4) is 0 Å². The van der Waals surface area contributed by atoms with Crippen molar-refractivity contribution in [2.24, 2.45) is 0 Å². The molecule has 0 aliphatic heterocycles. The van der Waals surface area contributed by atoms with Gasteiger partial charge in [0.2, 0.25) is 0 Å². The zero-order valence-electron chi connectivity index (χ0n) is 10.9. The largest absolute Gasteiger partial charge is 0.497 e. The number of benzene rings is 1. The van der Waals surface area contributed by atoms with E-state index in [1.165, 1.54) is 13.2 Å². The van der Waals surface area contributed by atoms with Crippen molar-refractivity contribution in [2.45, 2.75) is 13.3 Å². The molecule has 0 bridgehead atoms. The van der Waals surface area contributed by atoms with Crippen LogP contribution in [0.15, 0.2) is 33.5 Å². The van der Waals surface area contributed by atoms with Crippen LogP contribution in [0, 0.1) is 0 Å². The lowest BCUT2D eigenvalue weighted by atomic mass is 10.2. The molecule has 5 heteroatoms. The lowest BCUT2D eigenvalue weighted by molar-refractivity contribution is 0.0926. The Morgan fingerprint density at radius 2 is 2.16 bits per heavy atom. The molecule has 0 aliphatic carbocycles. The molecule has 0 spiro atoms. The molecule has 2 aromatic rings. The molecule has 19 heavy (non-hydrogen) atoms. The van der Waals surface area contributed by atoms with Crippen LogP contribution >= 0.6 is 0 Å². The molecule has 1 amide bonds. The molecule has 0 saturated heterocycles. The van der Waals surface area contributed by atoms with E-state index in [-0.39, 0.29) is 17.1 Å². The zero-order chi connectivity index (χ0) is 13.8. The molecule has 0 unspecified atom stereocenters. The van der Waals surface area contributed by atoms with Crippen molar-refractivity contribution in [1.82, 2.24) is 5.32 Å². The molecule has 5 nitrogen and oxygen atoms in total. The van der Waals surface area contributed by atoms with E-state index in [2.05, 4.69) is 5.32 Å². The van der Waals surface area contributed by atoms with Crippen molar-refractivity contribution < 1.29 is 13.9 Å². The van der Waals surface area contributed by atoms with Gasteiger partial charge in [-0.05, 0) is 18.6 Å². The van der Waals surface area contributed by atoms with Crippen molar-refractivity contribution in [3.63, 3.8) is 0 Å². The van der Waals surface area contributed by atoms with Crippen LogP contribution < -0.4 is 15.5 Å². The summed E-state index contributed by atoms with van der Waals surface area (Å²) in [5, 5.41) is 3.09. The molecular weight excluding hydrogens is 246 g/mol. The third-order valence-corrected chi connectivity index (χ3v) is 2.70. The lowest BCUT2D eigenvalue weighted by Gasteiger charge is -2.05. The summed E-state index contributed by atoms with van der Waals surface area (Å²) in [6.45, 7) is 2.49. The minimum atomic E-state index is -0.385. The topological polar surface area (TPSA) is 68.5 Å². The third-order valence-electron chi connectivity index (χ3n) is 2.70. The van der Waals surface area contributed by atoms with E-state index in [1.807, 2.05) is 6.92 Å². The summed E-state index contributed by atoms with van der Waals surface area (Å²) in [7, 11) is 1.52. The van der Waals surface area contributed by atoms with Gasteiger partial charge in [-0.15, -0.1) is 0 Å². The van der Waals surface area contributed by atoms with Crippen molar-refractivity contribution in [1.29, 1.82) is 0 Å². The maximum Gasteiger partial charge on any atom is 0.287 e. The number of methoxy groups -OCH3 is 1. The second-order valence-corrected chi connectivity index (χ2v) is 4.09. The second kappa shape index (κ2) is 5.56. The maximum absolute atomic E-state index is 11.9. The average molecular weight is 261 g/mol. The summed E-state index contributed by atoms with van der Waals surface area (Å²) < 4.78 is 10.5. The van der Waals surface area contributed by atoms with E-state index in [0.717, 1.165) is 6.42 Å². The van der Waals surface area contributed by atoms with Crippen molar-refractivity contribution in [3.8, 4) is 5.75 Å². The number of nitrogens with one attached hydrogen (secondary N) is 1. The predicted octanol–water partition coefficient (Wildman–Crippen LogP) is 1.94. The summed E-state index contributed by atoms with van der Waals surface area (Å²) in [5.41, 5.74) is 0.0963. The van der Waals surface area contributed by atoms with Crippen molar-refractivity contribution >= 4 is 16.9 Å². The number of carbonyl (C=O) groups excluding carboxylic acids is 1. The third kappa shape index (κ3) is 2.76. The fraction of sp³-hybridized carbons (Fsp3) is 0.286. The van der Waals surface area contributed by atoms with Crippen LogP contribution in [0.4, 0.5) is 0 Å². The van der Waals surface area contributed by atoms with Gasteiger partial charge >= 0.3 is 0 Å². The molecule has 0 atom stereocenters. The van der Waals surface area contributed by atoms with Gasteiger partial charge in [-0.2, -0.15) is 0 Å². The number of carbonyl (C=O) groups is 1. The molecule has 0 saturated carbocycles. The van der Waals surface area contributed by atoms with Gasteiger partial charge in [0.25, 0.3) is 5.91 Å². The molecule has 1 heterocycles. The van der Waals surface area contributed by atoms with Crippen LogP contribution in [0.1, 0.15) is 23.9 Å². The van der Waals surface area contributed by atoms with Gasteiger partial charge in [-0.25, -0.2) is 0 Å². The van der Waals surface area contributed by atoms with Gasteiger partial charge < -0.3 is 14.5 Å². The summed E-state index contributed by atoms with van der Waals surface area (Å²) in [4.78, 5) is 23.7. The molecule has 0 fully saturated rings. The van der Waals surface area contributed by atoms with Crippen LogP contribution in [0.2, 0.25) is 0 Å². The standard InChI is InChI=1S/C14H15NO4/c1-3-6-15-14(17)13-8-11(16)10-5-4-9(18-2)7-12(10)19-13/h4-5,7-8H,3,6H2,1-2H3,(H,15,17). The maximum atomic E-state index is 11.9. The van der Waals surface area contributed by atoms with Crippen LogP contribution in [0.25, 0.3) is 11.0 Å². The Bertz CT molecular complexity index is 660. The van der Waals surface area contributed by atoms with Crippen molar-refractivity contribution in [2.75, 3.05) is 13.7 Å². The second-order valence-electron chi connectivity index (χ2n) is 4.09. The molecule has 1 N–H and O–H groups in total. The number of hydrogen-bond acceptors (Lipinski definition) is 4. The van der Waals surface area contributed by atoms with Crippen LogP contribution in [0.5, 0.6) is 5.75 Å². The first-order valence-corrected chi connectivity index (χ1v) is 6.05. The van der Waals surface area contributed by atoms with Gasteiger partial charge in [-0.1, -0.05) is 6.92 Å². The Kier molecular flexibility index (Phi) is 3.85. The number of ether oxygens (including phenoxy) is 1. The van der Waals surface area contributed by atoms with E-state index < -0.39 is 0 Å². The van der Waals surface area contributed by atoms with Crippen LogP contribution in [-0.4, -0.2) is 19.6 Å². The minimum absolute atomic E-state index is 0.0132. The first kappa shape index (κ1) is 13.1. The Labute approximate surface area is 110 Å². The smallest absolute Gasteiger partial charge is 0.287 e. The van der Waals surface area contributed by atoms with Gasteiger partial charge in [-0.3, -0.25) is 9.59 Å². The Morgan fingerprint density at radius 1 is 1.37 bits per heavy atom. The number of rotatable bonds is 4. The highest BCUT2D eigenvalue weighted by molar-refractivity contribution is 5.93. The van der Waals surface area contributed by atoms with Gasteiger partial charge in [0.1, 0.15) is 11.3 Å². The summed E-state index contributed by atoms with van der Waals surface area (Å²) in [6, 6.07) is 6.09. The summed E-state index contributed by atoms with van der Waals surface area (Å²) in [6.07, 6.45) is 0.817. The number of fused-ring (bicyclic) bond motifs is 1. The van der Waals surface area contributed by atoms with E-state index in [4.69, 9.17) is 9.15 Å². The first-order valence-electron chi connectivity index (χ1n) is 6.05. The Balaban J connectivity index is 2.47. The summed E-state index contributed by atoms with van der Waals surface area (Å²) >= 11 is 0. The number of hydrogen-bond donors (Lipinski definition) is 1. The summed E-state index contributed by atoms with van der Waals surface area (Å²) in [5.74, 6) is 0.199. The molecule has 1 aromatic carbocycles. The highest BCUT2D eigenvalue weighted by Crippen LogP contribution is 2.19. The van der Waals surface area contributed by atoms with E-state index in [1.54, 1.807) is 18.2 Å². The first-order chi connectivity index (χ1) is 9.15. The zero-order valence-corrected chi connectivity index (χ0v) is 10.9. The molecule has 1 aromatic heterocycles. The molecule has 0 radical (unpaired) electrons. The fourth-order valence-corrected chi connectivity index (χ4v) is 1.70. The SMILES string of the molecule is CCCNC(=O)c1cc(=O)c2ccc(OC)cc2o1. The Hall–Kier alpha value is -2.30. The number of amides is 1. The highest BCUT2D eigenvalue weighted by Gasteiger charge is 2.12. The predicted molar refractivity (Wildman–Crippen MR) is 71.7 cm³/mol. The van der Waals surface area contributed by atoms with E-state index in [9.17, 15) is 9.59 Å². The molecule has 2 rings (SSSR count).